The van der Waals surface area contributed by atoms with Crippen LogP contribution in [0.25, 0.3) is 22.3 Å². The highest BCUT2D eigenvalue weighted by atomic mass is 127. The van der Waals surface area contributed by atoms with Crippen molar-refractivity contribution in [1.82, 2.24) is 0 Å². The van der Waals surface area contributed by atoms with Crippen LogP contribution in [0, 0.1) is 31.3 Å². The highest BCUT2D eigenvalue weighted by Crippen LogP contribution is 2.35. The Morgan fingerprint density at radius 1 is 0.565 bits per heavy atom. The van der Waals surface area contributed by atoms with E-state index in [4.69, 9.17) is 0 Å². The van der Waals surface area contributed by atoms with E-state index in [0.717, 1.165) is 0 Å². The van der Waals surface area contributed by atoms with Crippen LogP contribution in [0.15, 0.2) is 54.6 Å². The maximum Gasteiger partial charge on any atom is 0.0287 e. The maximum atomic E-state index is 2.49. The summed E-state index contributed by atoms with van der Waals surface area (Å²) >= 11 is 2.49. The molecule has 0 nitrogen and oxygen atoms in total. The van der Waals surface area contributed by atoms with E-state index in [2.05, 4.69) is 105 Å². The van der Waals surface area contributed by atoms with E-state index in [9.17, 15) is 0 Å². The molecule has 0 fully saturated rings. The van der Waals surface area contributed by atoms with E-state index in [0.29, 0.717) is 0 Å². The van der Waals surface area contributed by atoms with Crippen LogP contribution in [-0.4, -0.2) is 0 Å². The molecule has 0 saturated heterocycles. The number of rotatable bonds is 2. The topological polar surface area (TPSA) is 0 Å². The summed E-state index contributed by atoms with van der Waals surface area (Å²) in [6, 6.07) is 20.2. The zero-order valence-electron chi connectivity index (χ0n) is 14.1. The van der Waals surface area contributed by atoms with Gasteiger partial charge in [-0.2, -0.15) is 0 Å². The third-order valence-electron chi connectivity index (χ3n) is 4.06. The summed E-state index contributed by atoms with van der Waals surface area (Å²) in [5, 5.41) is 0. The van der Waals surface area contributed by atoms with Crippen LogP contribution in [0.5, 0.6) is 0 Å². The molecule has 0 saturated carbocycles. The van der Waals surface area contributed by atoms with Gasteiger partial charge in [0, 0.05) is 3.57 Å². The van der Waals surface area contributed by atoms with Gasteiger partial charge < -0.3 is 0 Å². The quantitative estimate of drug-likeness (QED) is 0.404. The fourth-order valence-corrected chi connectivity index (χ4v) is 4.22. The molecule has 0 atom stereocenters. The minimum absolute atomic E-state index is 1.30. The third kappa shape index (κ3) is 3.50. The molecular weight excluding hydrogens is 391 g/mol. The molecular formula is C22H21I. The van der Waals surface area contributed by atoms with Crippen LogP contribution in [0.3, 0.4) is 0 Å². The predicted octanol–water partition coefficient (Wildman–Crippen LogP) is 6.86. The van der Waals surface area contributed by atoms with E-state index < -0.39 is 0 Å². The molecule has 3 aromatic rings. The van der Waals surface area contributed by atoms with Crippen LogP contribution in [0.1, 0.15) is 22.3 Å². The Morgan fingerprint density at radius 3 is 1.26 bits per heavy atom. The van der Waals surface area contributed by atoms with Crippen molar-refractivity contribution in [2.45, 2.75) is 27.7 Å². The van der Waals surface area contributed by atoms with Gasteiger partial charge in [0.15, 0.2) is 0 Å². The van der Waals surface area contributed by atoms with Crippen molar-refractivity contribution in [3.8, 4) is 22.3 Å². The van der Waals surface area contributed by atoms with Crippen molar-refractivity contribution in [2.75, 3.05) is 0 Å². The van der Waals surface area contributed by atoms with Gasteiger partial charge in [0.25, 0.3) is 0 Å². The Morgan fingerprint density at radius 2 is 0.913 bits per heavy atom. The van der Waals surface area contributed by atoms with E-state index in [1.807, 2.05) is 0 Å². The molecule has 0 unspecified atom stereocenters. The Bertz CT molecular complexity index is 765. The summed E-state index contributed by atoms with van der Waals surface area (Å²) in [6.45, 7) is 8.66. The number of hydrogen-bond acceptors (Lipinski definition) is 0. The first-order valence-electron chi connectivity index (χ1n) is 7.90. The van der Waals surface area contributed by atoms with E-state index in [-0.39, 0.29) is 0 Å². The molecule has 0 aromatic heterocycles. The van der Waals surface area contributed by atoms with Gasteiger partial charge in [-0.25, -0.2) is 0 Å². The van der Waals surface area contributed by atoms with Crippen molar-refractivity contribution < 1.29 is 0 Å². The fourth-order valence-electron chi connectivity index (χ4n) is 3.24. The molecule has 0 aliphatic rings. The van der Waals surface area contributed by atoms with Crippen LogP contribution >= 0.6 is 22.6 Å². The summed E-state index contributed by atoms with van der Waals surface area (Å²) in [4.78, 5) is 0. The van der Waals surface area contributed by atoms with Gasteiger partial charge in [0.05, 0.1) is 0 Å². The lowest BCUT2D eigenvalue weighted by Crippen LogP contribution is -1.91. The molecule has 0 amide bonds. The summed E-state index contributed by atoms with van der Waals surface area (Å²) in [6.07, 6.45) is 0. The van der Waals surface area contributed by atoms with Gasteiger partial charge in [-0.05, 0) is 72.5 Å². The van der Waals surface area contributed by atoms with Gasteiger partial charge in [0.1, 0.15) is 0 Å². The molecule has 0 aliphatic carbocycles. The van der Waals surface area contributed by atoms with E-state index in [1.165, 1.54) is 48.1 Å². The molecule has 3 aromatic carbocycles. The first kappa shape index (κ1) is 16.3. The van der Waals surface area contributed by atoms with E-state index >= 15 is 0 Å². The average molecular weight is 412 g/mol. The van der Waals surface area contributed by atoms with Crippen LogP contribution in [0.2, 0.25) is 0 Å². The number of hydrogen-bond donors (Lipinski definition) is 0. The number of halogens is 1. The van der Waals surface area contributed by atoms with Crippen molar-refractivity contribution in [3.63, 3.8) is 0 Å². The zero-order chi connectivity index (χ0) is 16.6. The number of aryl methyl sites for hydroxylation is 4. The first-order chi connectivity index (χ1) is 10.9. The molecule has 1 heteroatoms. The normalized spacial score (nSPS) is 10.8. The van der Waals surface area contributed by atoms with E-state index in [1.54, 1.807) is 0 Å². The molecule has 0 aliphatic heterocycles. The molecule has 23 heavy (non-hydrogen) atoms. The maximum absolute atomic E-state index is 2.49. The zero-order valence-corrected chi connectivity index (χ0v) is 16.2. The second-order valence-corrected chi connectivity index (χ2v) is 7.50. The third-order valence-corrected chi connectivity index (χ3v) is 5.23. The minimum atomic E-state index is 1.30. The summed E-state index contributed by atoms with van der Waals surface area (Å²) in [5.41, 5.74) is 10.5. The SMILES string of the molecule is Cc1cc(C)cc(-c2cccc(-c3cc(C)cc(C)c3)c2I)c1. The Balaban J connectivity index is 2.18. The summed E-state index contributed by atoms with van der Waals surface area (Å²) in [7, 11) is 0. The molecule has 0 spiro atoms. The monoisotopic (exact) mass is 412 g/mol. The molecule has 0 heterocycles. The molecule has 0 bridgehead atoms. The van der Waals surface area contributed by atoms with Crippen molar-refractivity contribution in [2.24, 2.45) is 0 Å². The van der Waals surface area contributed by atoms with Gasteiger partial charge in [-0.3, -0.25) is 0 Å². The van der Waals surface area contributed by atoms with Crippen molar-refractivity contribution in [3.05, 3.63) is 80.4 Å². The highest BCUT2D eigenvalue weighted by Gasteiger charge is 2.10. The molecule has 0 N–H and O–H groups in total. The smallest absolute Gasteiger partial charge is 0.0287 e. The van der Waals surface area contributed by atoms with Crippen LogP contribution in [0.4, 0.5) is 0 Å². The fraction of sp³-hybridized carbons (Fsp3) is 0.182. The largest absolute Gasteiger partial charge is 0.0610 e. The lowest BCUT2D eigenvalue weighted by Gasteiger charge is -2.13. The average Bonchev–Trinajstić information content (AvgIpc) is 2.45. The number of benzene rings is 3. The van der Waals surface area contributed by atoms with Crippen LogP contribution < -0.4 is 0 Å². The Hall–Kier alpha value is -1.61. The second-order valence-electron chi connectivity index (χ2n) is 6.42. The van der Waals surface area contributed by atoms with Gasteiger partial charge in [-0.15, -0.1) is 0 Å². The Kier molecular flexibility index (Phi) is 4.58. The minimum Gasteiger partial charge on any atom is -0.0610 e. The van der Waals surface area contributed by atoms with Gasteiger partial charge in [-0.1, -0.05) is 76.9 Å². The molecule has 116 valence electrons. The van der Waals surface area contributed by atoms with Gasteiger partial charge in [0.2, 0.25) is 0 Å². The second kappa shape index (κ2) is 6.48. The lowest BCUT2D eigenvalue weighted by atomic mass is 9.95. The lowest BCUT2D eigenvalue weighted by molar-refractivity contribution is 1.37. The first-order valence-corrected chi connectivity index (χ1v) is 8.98. The Labute approximate surface area is 152 Å². The van der Waals surface area contributed by atoms with Crippen molar-refractivity contribution >= 4 is 22.6 Å². The standard InChI is InChI=1S/C22H21I/c1-14-8-15(2)11-18(10-14)20-6-5-7-21(22(20)23)19-12-16(3)9-17(4)13-19/h5-13H,1-4H3. The highest BCUT2D eigenvalue weighted by molar-refractivity contribution is 14.1. The van der Waals surface area contributed by atoms with Crippen molar-refractivity contribution in [1.29, 1.82) is 0 Å². The predicted molar refractivity (Wildman–Crippen MR) is 109 cm³/mol. The summed E-state index contributed by atoms with van der Waals surface area (Å²) in [5.74, 6) is 0. The molecule has 3 rings (SSSR count). The molecule has 0 radical (unpaired) electrons. The van der Waals surface area contributed by atoms with Gasteiger partial charge >= 0.3 is 0 Å². The van der Waals surface area contributed by atoms with Crippen LogP contribution in [-0.2, 0) is 0 Å². The summed E-state index contributed by atoms with van der Waals surface area (Å²) < 4.78 is 1.32.